The molecule has 0 aliphatic heterocycles. The fourth-order valence-electron chi connectivity index (χ4n) is 2.27. The molecule has 1 amide bonds. The van der Waals surface area contributed by atoms with Gasteiger partial charge in [0.15, 0.2) is 4.34 Å². The normalized spacial score (nSPS) is 12.5. The van der Waals surface area contributed by atoms with Gasteiger partial charge in [-0.1, -0.05) is 41.6 Å². The summed E-state index contributed by atoms with van der Waals surface area (Å²) in [5.74, 6) is 0.559. The lowest BCUT2D eigenvalue weighted by Crippen LogP contribution is -2.45. The monoisotopic (exact) mass is 450 g/mol. The Hall–Kier alpha value is -1.56. The number of carbonyl (C=O) groups is 1. The van der Waals surface area contributed by atoms with Crippen molar-refractivity contribution in [2.75, 3.05) is 28.7 Å². The zero-order valence-electron chi connectivity index (χ0n) is 15.1. The topological polar surface area (TPSA) is 101 Å². The molecular weight excluding hydrogens is 432 g/mol. The quantitative estimate of drug-likeness (QED) is 0.487. The summed E-state index contributed by atoms with van der Waals surface area (Å²) in [6.45, 7) is 3.45. The largest absolute Gasteiger partial charge is 0.495 e. The summed E-state index contributed by atoms with van der Waals surface area (Å²) in [7, 11) is -2.40. The first-order chi connectivity index (χ1) is 12.7. The van der Waals surface area contributed by atoms with Crippen LogP contribution in [0.25, 0.3) is 0 Å². The highest BCUT2D eigenvalue weighted by atomic mass is 35.5. The molecule has 2 rings (SSSR count). The molecule has 0 fully saturated rings. The molecule has 12 heteroatoms. The number of amides is 1. The van der Waals surface area contributed by atoms with Gasteiger partial charge in [0.1, 0.15) is 11.8 Å². The van der Waals surface area contributed by atoms with E-state index in [4.69, 9.17) is 16.3 Å². The van der Waals surface area contributed by atoms with Gasteiger partial charge in [0.25, 0.3) is 0 Å². The van der Waals surface area contributed by atoms with E-state index in [-0.39, 0.29) is 11.4 Å². The fraction of sp³-hybridized carbons (Fsp3) is 0.400. The summed E-state index contributed by atoms with van der Waals surface area (Å²) in [6.07, 6.45) is 1.01. The SMILES string of the molecule is CCSc1nnc(NC(=O)[C@H](C)N(c2cc(Cl)ccc2OC)S(C)(=O)=O)s1. The Balaban J connectivity index is 2.33. The molecule has 0 unspecified atom stereocenters. The first-order valence-corrected chi connectivity index (χ1v) is 11.8. The number of anilines is 2. The maximum atomic E-state index is 12.7. The summed E-state index contributed by atoms with van der Waals surface area (Å²) in [4.78, 5) is 12.7. The lowest BCUT2D eigenvalue weighted by molar-refractivity contribution is -0.116. The molecule has 1 heterocycles. The Morgan fingerprint density at radius 2 is 2.15 bits per heavy atom. The third kappa shape index (κ3) is 5.47. The minimum Gasteiger partial charge on any atom is -0.495 e. The van der Waals surface area contributed by atoms with Crippen molar-refractivity contribution in [1.29, 1.82) is 0 Å². The number of rotatable bonds is 8. The van der Waals surface area contributed by atoms with E-state index >= 15 is 0 Å². The number of hydrogen-bond acceptors (Lipinski definition) is 8. The highest BCUT2D eigenvalue weighted by molar-refractivity contribution is 8.01. The van der Waals surface area contributed by atoms with E-state index in [0.717, 1.165) is 20.7 Å². The minimum absolute atomic E-state index is 0.176. The van der Waals surface area contributed by atoms with Crippen molar-refractivity contribution < 1.29 is 17.9 Å². The molecule has 27 heavy (non-hydrogen) atoms. The molecule has 0 saturated heterocycles. The predicted molar refractivity (Wildman–Crippen MR) is 110 cm³/mol. The molecular formula is C15H19ClN4O4S3. The molecule has 0 radical (unpaired) electrons. The smallest absolute Gasteiger partial charge is 0.249 e. The molecule has 0 bridgehead atoms. The van der Waals surface area contributed by atoms with Crippen molar-refractivity contribution in [3.63, 3.8) is 0 Å². The van der Waals surface area contributed by atoms with E-state index in [0.29, 0.717) is 10.2 Å². The lowest BCUT2D eigenvalue weighted by atomic mass is 10.2. The van der Waals surface area contributed by atoms with Crippen molar-refractivity contribution in [3.05, 3.63) is 23.2 Å². The second-order valence-electron chi connectivity index (χ2n) is 5.35. The molecule has 0 spiro atoms. The highest BCUT2D eigenvalue weighted by Gasteiger charge is 2.32. The van der Waals surface area contributed by atoms with Crippen molar-refractivity contribution in [1.82, 2.24) is 10.2 Å². The van der Waals surface area contributed by atoms with Crippen LogP contribution in [-0.4, -0.2) is 49.7 Å². The van der Waals surface area contributed by atoms with Gasteiger partial charge < -0.3 is 4.74 Å². The van der Waals surface area contributed by atoms with Crippen molar-refractivity contribution >= 4 is 61.4 Å². The molecule has 1 aromatic heterocycles. The van der Waals surface area contributed by atoms with Crippen LogP contribution in [0.15, 0.2) is 22.5 Å². The number of methoxy groups -OCH3 is 1. The first-order valence-electron chi connectivity index (χ1n) is 7.77. The van der Waals surface area contributed by atoms with E-state index in [2.05, 4.69) is 15.5 Å². The second-order valence-corrected chi connectivity index (χ2v) is 10.1. The van der Waals surface area contributed by atoms with Gasteiger partial charge in [-0.2, -0.15) is 0 Å². The van der Waals surface area contributed by atoms with Crippen LogP contribution in [0.3, 0.4) is 0 Å². The van der Waals surface area contributed by atoms with E-state index in [1.165, 1.54) is 43.2 Å². The van der Waals surface area contributed by atoms with Gasteiger partial charge in [0, 0.05) is 5.02 Å². The van der Waals surface area contributed by atoms with Crippen LogP contribution in [0.5, 0.6) is 5.75 Å². The van der Waals surface area contributed by atoms with E-state index in [1.54, 1.807) is 12.1 Å². The van der Waals surface area contributed by atoms with E-state index < -0.39 is 22.0 Å². The van der Waals surface area contributed by atoms with Crippen molar-refractivity contribution in [2.45, 2.75) is 24.2 Å². The Morgan fingerprint density at radius 1 is 1.44 bits per heavy atom. The second kappa shape index (κ2) is 9.09. The zero-order valence-corrected chi connectivity index (χ0v) is 18.3. The minimum atomic E-state index is -3.81. The highest BCUT2D eigenvalue weighted by Crippen LogP contribution is 2.34. The molecule has 0 aliphatic carbocycles. The molecule has 8 nitrogen and oxygen atoms in total. The van der Waals surface area contributed by atoms with Gasteiger partial charge in [-0.15, -0.1) is 10.2 Å². The number of nitrogens with one attached hydrogen (secondary N) is 1. The summed E-state index contributed by atoms with van der Waals surface area (Å²) in [5.41, 5.74) is 0.176. The number of thioether (sulfide) groups is 1. The number of hydrogen-bond donors (Lipinski definition) is 1. The van der Waals surface area contributed by atoms with E-state index in [1.807, 2.05) is 6.92 Å². The van der Waals surface area contributed by atoms with Gasteiger partial charge in [0.2, 0.25) is 21.1 Å². The van der Waals surface area contributed by atoms with Crippen LogP contribution in [0.2, 0.25) is 5.02 Å². The van der Waals surface area contributed by atoms with Crippen LogP contribution in [0.1, 0.15) is 13.8 Å². The van der Waals surface area contributed by atoms with Crippen molar-refractivity contribution in [3.8, 4) is 5.75 Å². The summed E-state index contributed by atoms with van der Waals surface area (Å²) in [5, 5.41) is 11.1. The van der Waals surface area contributed by atoms with Crippen molar-refractivity contribution in [2.24, 2.45) is 0 Å². The number of nitrogens with zero attached hydrogens (tertiary/aromatic N) is 3. The Labute approximate surface area is 171 Å². The van der Waals surface area contributed by atoms with Crippen LogP contribution >= 0.6 is 34.7 Å². The molecule has 148 valence electrons. The molecule has 1 N–H and O–H groups in total. The molecule has 0 aliphatic rings. The number of carbonyl (C=O) groups excluding carboxylic acids is 1. The molecule has 0 saturated carbocycles. The van der Waals surface area contributed by atoms with Gasteiger partial charge in [-0.3, -0.25) is 14.4 Å². The molecule has 1 atom stereocenters. The Bertz CT molecular complexity index is 920. The van der Waals surface area contributed by atoms with Gasteiger partial charge >= 0.3 is 0 Å². The maximum absolute atomic E-state index is 12.7. The summed E-state index contributed by atoms with van der Waals surface area (Å²) < 4.78 is 31.8. The number of ether oxygens (including phenoxy) is 1. The zero-order chi connectivity index (χ0) is 20.2. The third-order valence-corrected chi connectivity index (χ3v) is 6.69. The number of aromatic nitrogens is 2. The fourth-order valence-corrected chi connectivity index (χ4v) is 5.26. The predicted octanol–water partition coefficient (Wildman–Crippen LogP) is 3.11. The third-order valence-electron chi connectivity index (χ3n) is 3.37. The standard InChI is InChI=1S/C15H19ClN4O4S3/c1-5-25-15-19-18-14(26-15)17-13(21)9(2)20(27(4,22)23)11-8-10(16)6-7-12(11)24-3/h6-9H,5H2,1-4H3,(H,17,18,21)/t9-/m0/s1. The van der Waals surface area contributed by atoms with E-state index in [9.17, 15) is 13.2 Å². The number of halogens is 1. The first kappa shape index (κ1) is 21.7. The summed E-state index contributed by atoms with van der Waals surface area (Å²) >= 11 is 8.74. The lowest BCUT2D eigenvalue weighted by Gasteiger charge is -2.29. The van der Waals surface area contributed by atoms with Crippen LogP contribution in [-0.2, 0) is 14.8 Å². The van der Waals surface area contributed by atoms with Crippen LogP contribution < -0.4 is 14.4 Å². The van der Waals surface area contributed by atoms with Crippen LogP contribution in [0, 0.1) is 0 Å². The molecule has 2 aromatic rings. The van der Waals surface area contributed by atoms with Gasteiger partial charge in [0.05, 0.1) is 19.1 Å². The van der Waals surface area contributed by atoms with Crippen LogP contribution in [0.4, 0.5) is 10.8 Å². The Kier molecular flexibility index (Phi) is 7.32. The summed E-state index contributed by atoms with van der Waals surface area (Å²) in [6, 6.07) is 3.48. The Morgan fingerprint density at radius 3 is 2.74 bits per heavy atom. The van der Waals surface area contributed by atoms with Gasteiger partial charge in [-0.05, 0) is 30.9 Å². The number of benzene rings is 1. The van der Waals surface area contributed by atoms with Gasteiger partial charge in [-0.25, -0.2) is 8.42 Å². The average molecular weight is 451 g/mol. The molecule has 1 aromatic carbocycles. The average Bonchev–Trinajstić information content (AvgIpc) is 3.01. The number of sulfonamides is 1. The maximum Gasteiger partial charge on any atom is 0.249 e.